The third kappa shape index (κ3) is 6.31. The lowest BCUT2D eigenvalue weighted by molar-refractivity contribution is 0.602. The highest BCUT2D eigenvalue weighted by molar-refractivity contribution is 7.80. The summed E-state index contributed by atoms with van der Waals surface area (Å²) in [7, 11) is 0. The highest BCUT2D eigenvalue weighted by Crippen LogP contribution is 2.09. The van der Waals surface area contributed by atoms with Gasteiger partial charge in [-0.25, -0.2) is 0 Å². The standard InChI is InChI=1S/C11H21N5S/c12-10-14-9(15-11(13)16-10)7-5-3-1-2-4-6-8-17/h17H,1-8H2,(H4,12,13,14,15,16). The van der Waals surface area contributed by atoms with Crippen LogP contribution in [0.3, 0.4) is 0 Å². The monoisotopic (exact) mass is 255 g/mol. The number of hydrogen-bond acceptors (Lipinski definition) is 6. The van der Waals surface area contributed by atoms with Gasteiger partial charge in [0.15, 0.2) is 0 Å². The number of unbranched alkanes of at least 4 members (excludes halogenated alkanes) is 5. The van der Waals surface area contributed by atoms with Gasteiger partial charge >= 0.3 is 0 Å². The highest BCUT2D eigenvalue weighted by Gasteiger charge is 2.01. The second-order valence-electron chi connectivity index (χ2n) is 4.06. The summed E-state index contributed by atoms with van der Waals surface area (Å²) >= 11 is 4.18. The van der Waals surface area contributed by atoms with E-state index >= 15 is 0 Å². The van der Waals surface area contributed by atoms with Gasteiger partial charge in [-0.15, -0.1) is 0 Å². The topological polar surface area (TPSA) is 90.7 Å². The number of nitrogens with zero attached hydrogens (tertiary/aromatic N) is 3. The van der Waals surface area contributed by atoms with Crippen LogP contribution in [0.5, 0.6) is 0 Å². The Hall–Kier alpha value is -1.04. The van der Waals surface area contributed by atoms with Crippen molar-refractivity contribution in [2.24, 2.45) is 0 Å². The molecule has 0 bridgehead atoms. The Kier molecular flexibility index (Phi) is 6.69. The van der Waals surface area contributed by atoms with E-state index in [-0.39, 0.29) is 11.9 Å². The van der Waals surface area contributed by atoms with Gasteiger partial charge in [0.25, 0.3) is 0 Å². The maximum Gasteiger partial charge on any atom is 0.225 e. The molecule has 0 aromatic carbocycles. The molecule has 0 spiro atoms. The van der Waals surface area contributed by atoms with E-state index in [4.69, 9.17) is 11.5 Å². The van der Waals surface area contributed by atoms with E-state index in [9.17, 15) is 0 Å². The average Bonchev–Trinajstić information content (AvgIpc) is 2.26. The van der Waals surface area contributed by atoms with Crippen molar-refractivity contribution < 1.29 is 0 Å². The van der Waals surface area contributed by atoms with E-state index in [1.54, 1.807) is 0 Å². The molecule has 0 aliphatic rings. The summed E-state index contributed by atoms with van der Waals surface area (Å²) < 4.78 is 0. The molecule has 0 atom stereocenters. The fourth-order valence-corrected chi connectivity index (χ4v) is 1.89. The van der Waals surface area contributed by atoms with Crippen LogP contribution in [0.2, 0.25) is 0 Å². The molecule has 6 heteroatoms. The first-order valence-corrected chi connectivity index (χ1v) is 6.72. The minimum absolute atomic E-state index is 0.210. The maximum atomic E-state index is 5.50. The number of thiol groups is 1. The van der Waals surface area contributed by atoms with Crippen LogP contribution in [0.1, 0.15) is 44.3 Å². The van der Waals surface area contributed by atoms with Gasteiger partial charge in [0.05, 0.1) is 0 Å². The maximum absolute atomic E-state index is 5.50. The number of aromatic nitrogens is 3. The lowest BCUT2D eigenvalue weighted by Gasteiger charge is -2.02. The SMILES string of the molecule is Nc1nc(N)nc(CCCCCCCCS)n1. The Bertz CT molecular complexity index is 311. The van der Waals surface area contributed by atoms with Gasteiger partial charge in [-0.2, -0.15) is 27.6 Å². The second kappa shape index (κ2) is 8.11. The predicted molar refractivity (Wildman–Crippen MR) is 73.9 cm³/mol. The first-order valence-electron chi connectivity index (χ1n) is 6.09. The lowest BCUT2D eigenvalue weighted by Crippen LogP contribution is -2.06. The number of nitrogens with two attached hydrogens (primary N) is 2. The van der Waals surface area contributed by atoms with E-state index < -0.39 is 0 Å². The highest BCUT2D eigenvalue weighted by atomic mass is 32.1. The molecule has 0 fully saturated rings. The first-order chi connectivity index (χ1) is 8.22. The molecule has 0 aliphatic carbocycles. The second-order valence-corrected chi connectivity index (χ2v) is 4.51. The molecular weight excluding hydrogens is 234 g/mol. The number of hydrogen-bond donors (Lipinski definition) is 3. The summed E-state index contributed by atoms with van der Waals surface area (Å²) in [5.74, 6) is 2.11. The minimum Gasteiger partial charge on any atom is -0.368 e. The summed E-state index contributed by atoms with van der Waals surface area (Å²) in [5, 5.41) is 0. The van der Waals surface area contributed by atoms with Crippen molar-refractivity contribution in [3.63, 3.8) is 0 Å². The fraction of sp³-hybridized carbons (Fsp3) is 0.727. The summed E-state index contributed by atoms with van der Waals surface area (Å²) in [4.78, 5) is 11.8. The summed E-state index contributed by atoms with van der Waals surface area (Å²) in [5.41, 5.74) is 11.0. The van der Waals surface area contributed by atoms with Crippen LogP contribution in [0.25, 0.3) is 0 Å². The van der Waals surface area contributed by atoms with Crippen LogP contribution >= 0.6 is 12.6 Å². The van der Waals surface area contributed by atoms with Gasteiger partial charge in [-0.1, -0.05) is 25.7 Å². The van der Waals surface area contributed by atoms with Crippen LogP contribution in [-0.4, -0.2) is 20.7 Å². The summed E-state index contributed by atoms with van der Waals surface area (Å²) in [6.45, 7) is 0. The zero-order valence-electron chi connectivity index (χ0n) is 10.1. The van der Waals surface area contributed by atoms with Crippen molar-refractivity contribution in [1.29, 1.82) is 0 Å². The smallest absolute Gasteiger partial charge is 0.225 e. The van der Waals surface area contributed by atoms with Gasteiger partial charge in [0.2, 0.25) is 11.9 Å². The summed E-state index contributed by atoms with van der Waals surface area (Å²) in [6, 6.07) is 0. The molecule has 0 unspecified atom stereocenters. The van der Waals surface area contributed by atoms with E-state index in [0.29, 0.717) is 5.82 Å². The van der Waals surface area contributed by atoms with Crippen molar-refractivity contribution in [1.82, 2.24) is 15.0 Å². The molecule has 4 N–H and O–H groups in total. The third-order valence-corrected chi connectivity index (χ3v) is 2.84. The quantitative estimate of drug-likeness (QED) is 0.487. The number of rotatable bonds is 8. The van der Waals surface area contributed by atoms with E-state index in [0.717, 1.165) is 18.6 Å². The predicted octanol–water partition coefficient (Wildman–Crippen LogP) is 1.85. The fourth-order valence-electron chi connectivity index (χ4n) is 1.67. The molecule has 0 amide bonds. The first kappa shape index (κ1) is 14.0. The van der Waals surface area contributed by atoms with Crippen molar-refractivity contribution in [2.75, 3.05) is 17.2 Å². The molecule has 5 nitrogen and oxygen atoms in total. The Balaban J connectivity index is 2.13. The van der Waals surface area contributed by atoms with Gasteiger partial charge in [0.1, 0.15) is 5.82 Å². The van der Waals surface area contributed by atoms with E-state index in [1.165, 1.54) is 32.1 Å². The normalized spacial score (nSPS) is 10.6. The molecule has 0 saturated carbocycles. The van der Waals surface area contributed by atoms with Crippen molar-refractivity contribution >= 4 is 24.5 Å². The van der Waals surface area contributed by atoms with Crippen LogP contribution < -0.4 is 11.5 Å². The number of aryl methyl sites for hydroxylation is 1. The van der Waals surface area contributed by atoms with Crippen LogP contribution in [-0.2, 0) is 6.42 Å². The molecule has 0 radical (unpaired) electrons. The van der Waals surface area contributed by atoms with Gasteiger partial charge in [-0.05, 0) is 18.6 Å². The Morgan fingerprint density at radius 1 is 0.765 bits per heavy atom. The van der Waals surface area contributed by atoms with Crippen LogP contribution in [0.15, 0.2) is 0 Å². The van der Waals surface area contributed by atoms with Crippen LogP contribution in [0.4, 0.5) is 11.9 Å². The van der Waals surface area contributed by atoms with Crippen LogP contribution in [0, 0.1) is 0 Å². The molecule has 1 rings (SSSR count). The van der Waals surface area contributed by atoms with Gasteiger partial charge in [0, 0.05) is 6.42 Å². The average molecular weight is 255 g/mol. The third-order valence-electron chi connectivity index (χ3n) is 2.52. The zero-order chi connectivity index (χ0) is 12.5. The zero-order valence-corrected chi connectivity index (χ0v) is 11.0. The Labute approximate surface area is 108 Å². The number of nitrogen functional groups attached to an aromatic ring is 2. The molecule has 1 aromatic heterocycles. The number of anilines is 2. The minimum atomic E-state index is 0.210. The van der Waals surface area contributed by atoms with E-state index in [2.05, 4.69) is 27.6 Å². The van der Waals surface area contributed by atoms with Crippen molar-refractivity contribution in [3.05, 3.63) is 5.82 Å². The Morgan fingerprint density at radius 3 is 1.88 bits per heavy atom. The molecular formula is C11H21N5S. The molecule has 0 aliphatic heterocycles. The molecule has 17 heavy (non-hydrogen) atoms. The largest absolute Gasteiger partial charge is 0.368 e. The lowest BCUT2D eigenvalue weighted by atomic mass is 10.1. The molecule has 96 valence electrons. The summed E-state index contributed by atoms with van der Waals surface area (Å²) in [6.07, 6.45) is 8.11. The van der Waals surface area contributed by atoms with Gasteiger partial charge < -0.3 is 11.5 Å². The van der Waals surface area contributed by atoms with Gasteiger partial charge in [-0.3, -0.25) is 0 Å². The van der Waals surface area contributed by atoms with Crippen molar-refractivity contribution in [3.8, 4) is 0 Å². The Morgan fingerprint density at radius 2 is 1.29 bits per heavy atom. The van der Waals surface area contributed by atoms with Crippen molar-refractivity contribution in [2.45, 2.75) is 44.9 Å². The molecule has 1 aromatic rings. The molecule has 0 saturated heterocycles. The molecule has 1 heterocycles. The van der Waals surface area contributed by atoms with E-state index in [1.807, 2.05) is 0 Å².